The number of rotatable bonds is 5. The molecule has 0 saturated heterocycles. The molecule has 0 atom stereocenters. The van der Waals surface area contributed by atoms with Crippen LogP contribution in [0.5, 0.6) is 0 Å². The first kappa shape index (κ1) is 14.7. The highest BCUT2D eigenvalue weighted by Gasteiger charge is 2.18. The fourth-order valence-corrected chi connectivity index (χ4v) is 3.37. The Labute approximate surface area is 122 Å². The minimum Gasteiger partial charge on any atom is -0.372 e. The summed E-state index contributed by atoms with van der Waals surface area (Å²) < 4.78 is 27.3. The largest absolute Gasteiger partial charge is 0.372 e. The zero-order valence-corrected chi connectivity index (χ0v) is 12.8. The maximum Gasteiger partial charge on any atom is 0.265 e. The van der Waals surface area contributed by atoms with Gasteiger partial charge in [-0.3, -0.25) is 4.72 Å². The van der Waals surface area contributed by atoms with Crippen molar-refractivity contribution in [1.29, 1.82) is 0 Å². The average molecular weight is 309 g/mol. The second-order valence-electron chi connectivity index (χ2n) is 3.94. The smallest absolute Gasteiger partial charge is 0.265 e. The Bertz CT molecular complexity index is 702. The summed E-state index contributed by atoms with van der Waals surface area (Å²) in [5.74, 6) is 0.320. The molecular formula is C13H15N3O2S2. The first-order chi connectivity index (χ1) is 9.56. The number of nitrogens with zero attached hydrogens (tertiary/aromatic N) is 1. The SMILES string of the molecule is CNc1ncccc1S(=O)(=O)Nc1cccc(SC)c1. The summed E-state index contributed by atoms with van der Waals surface area (Å²) in [5, 5.41) is 2.78. The normalized spacial score (nSPS) is 11.1. The second-order valence-corrected chi connectivity index (χ2v) is 6.47. The van der Waals surface area contributed by atoms with Crippen molar-refractivity contribution >= 4 is 33.3 Å². The molecule has 0 aliphatic heterocycles. The Kier molecular flexibility index (Phi) is 4.51. The number of thioether (sulfide) groups is 1. The van der Waals surface area contributed by atoms with Crippen LogP contribution in [0.25, 0.3) is 0 Å². The molecule has 2 N–H and O–H groups in total. The van der Waals surface area contributed by atoms with Gasteiger partial charge >= 0.3 is 0 Å². The zero-order valence-electron chi connectivity index (χ0n) is 11.1. The molecule has 2 rings (SSSR count). The van der Waals surface area contributed by atoms with Crippen LogP contribution in [0, 0.1) is 0 Å². The lowest BCUT2D eigenvalue weighted by molar-refractivity contribution is 0.601. The molecule has 1 aromatic carbocycles. The molecule has 0 saturated carbocycles. The van der Waals surface area contributed by atoms with Gasteiger partial charge in [0.1, 0.15) is 10.7 Å². The lowest BCUT2D eigenvalue weighted by atomic mass is 10.3. The van der Waals surface area contributed by atoms with E-state index >= 15 is 0 Å². The molecule has 0 bridgehead atoms. The third-order valence-corrected chi connectivity index (χ3v) is 4.76. The van der Waals surface area contributed by atoms with Gasteiger partial charge < -0.3 is 5.32 Å². The molecule has 20 heavy (non-hydrogen) atoms. The van der Waals surface area contributed by atoms with Crippen LogP contribution in [-0.2, 0) is 10.0 Å². The van der Waals surface area contributed by atoms with E-state index in [2.05, 4.69) is 15.0 Å². The molecule has 2 aromatic rings. The molecule has 106 valence electrons. The number of aromatic nitrogens is 1. The lowest BCUT2D eigenvalue weighted by Crippen LogP contribution is -2.15. The summed E-state index contributed by atoms with van der Waals surface area (Å²) >= 11 is 1.55. The summed E-state index contributed by atoms with van der Waals surface area (Å²) in [6.45, 7) is 0. The molecule has 0 aliphatic rings. The molecule has 0 unspecified atom stereocenters. The first-order valence-electron chi connectivity index (χ1n) is 5.86. The van der Waals surface area contributed by atoms with E-state index in [0.717, 1.165) is 4.90 Å². The highest BCUT2D eigenvalue weighted by atomic mass is 32.2. The third kappa shape index (κ3) is 3.23. The van der Waals surface area contributed by atoms with Crippen LogP contribution >= 0.6 is 11.8 Å². The van der Waals surface area contributed by atoms with Crippen LogP contribution < -0.4 is 10.0 Å². The predicted octanol–water partition coefficient (Wildman–Crippen LogP) is 2.65. The van der Waals surface area contributed by atoms with Crippen molar-refractivity contribution in [3.05, 3.63) is 42.6 Å². The van der Waals surface area contributed by atoms with Crippen LogP contribution in [-0.4, -0.2) is 26.7 Å². The molecule has 0 amide bonds. The van der Waals surface area contributed by atoms with Crippen molar-refractivity contribution < 1.29 is 8.42 Å². The molecule has 5 nitrogen and oxygen atoms in total. The maximum atomic E-state index is 12.4. The Balaban J connectivity index is 2.35. The maximum absolute atomic E-state index is 12.4. The van der Waals surface area contributed by atoms with E-state index < -0.39 is 10.0 Å². The Hall–Kier alpha value is -1.73. The van der Waals surface area contributed by atoms with Crippen LogP contribution in [0.3, 0.4) is 0 Å². The van der Waals surface area contributed by atoms with Crippen LogP contribution in [0.1, 0.15) is 0 Å². The number of nitrogens with one attached hydrogen (secondary N) is 2. The fraction of sp³-hybridized carbons (Fsp3) is 0.154. The number of anilines is 2. The first-order valence-corrected chi connectivity index (χ1v) is 8.57. The quantitative estimate of drug-likeness (QED) is 0.831. The fourth-order valence-electron chi connectivity index (χ4n) is 1.69. The predicted molar refractivity (Wildman–Crippen MR) is 82.8 cm³/mol. The van der Waals surface area contributed by atoms with E-state index in [9.17, 15) is 8.42 Å². The van der Waals surface area contributed by atoms with Crippen molar-refractivity contribution in [1.82, 2.24) is 4.98 Å². The van der Waals surface area contributed by atoms with Gasteiger partial charge in [-0.05, 0) is 36.6 Å². The summed E-state index contributed by atoms with van der Waals surface area (Å²) in [4.78, 5) is 5.12. The molecule has 7 heteroatoms. The summed E-state index contributed by atoms with van der Waals surface area (Å²) in [5.41, 5.74) is 0.530. The van der Waals surface area contributed by atoms with E-state index in [1.165, 1.54) is 6.07 Å². The minimum absolute atomic E-state index is 0.122. The van der Waals surface area contributed by atoms with Gasteiger partial charge in [-0.1, -0.05) is 6.07 Å². The van der Waals surface area contributed by atoms with Gasteiger partial charge in [-0.2, -0.15) is 0 Å². The highest BCUT2D eigenvalue weighted by Crippen LogP contribution is 2.24. The van der Waals surface area contributed by atoms with E-state index in [1.807, 2.05) is 18.4 Å². The van der Waals surface area contributed by atoms with Crippen LogP contribution in [0.15, 0.2) is 52.4 Å². The van der Waals surface area contributed by atoms with E-state index in [-0.39, 0.29) is 4.90 Å². The number of sulfonamides is 1. The monoisotopic (exact) mass is 309 g/mol. The lowest BCUT2D eigenvalue weighted by Gasteiger charge is -2.11. The van der Waals surface area contributed by atoms with E-state index in [1.54, 1.807) is 43.2 Å². The minimum atomic E-state index is -3.67. The van der Waals surface area contributed by atoms with Crippen LogP contribution in [0.4, 0.5) is 11.5 Å². The topological polar surface area (TPSA) is 71.1 Å². The van der Waals surface area contributed by atoms with Crippen molar-refractivity contribution in [2.45, 2.75) is 9.79 Å². The van der Waals surface area contributed by atoms with E-state index in [0.29, 0.717) is 11.5 Å². The molecule has 0 radical (unpaired) electrons. The average Bonchev–Trinajstić information content (AvgIpc) is 2.47. The van der Waals surface area contributed by atoms with Gasteiger partial charge in [0.05, 0.1) is 0 Å². The van der Waals surface area contributed by atoms with Gasteiger partial charge in [0, 0.05) is 23.8 Å². The van der Waals surface area contributed by atoms with Crippen molar-refractivity contribution in [2.75, 3.05) is 23.3 Å². The number of hydrogen-bond acceptors (Lipinski definition) is 5. The molecule has 1 heterocycles. The number of hydrogen-bond donors (Lipinski definition) is 2. The highest BCUT2D eigenvalue weighted by molar-refractivity contribution is 7.98. The molecule has 0 fully saturated rings. The van der Waals surface area contributed by atoms with Crippen LogP contribution in [0.2, 0.25) is 0 Å². The van der Waals surface area contributed by atoms with Crippen molar-refractivity contribution in [3.63, 3.8) is 0 Å². The molecule has 0 spiro atoms. The third-order valence-electron chi connectivity index (χ3n) is 2.62. The van der Waals surface area contributed by atoms with Crippen molar-refractivity contribution in [2.24, 2.45) is 0 Å². The number of benzene rings is 1. The van der Waals surface area contributed by atoms with Gasteiger partial charge in [-0.15, -0.1) is 11.8 Å². The van der Waals surface area contributed by atoms with Gasteiger partial charge in [0.2, 0.25) is 0 Å². The summed E-state index contributed by atoms with van der Waals surface area (Å²) in [6.07, 6.45) is 3.48. The molecular weight excluding hydrogens is 294 g/mol. The summed E-state index contributed by atoms with van der Waals surface area (Å²) in [7, 11) is -2.03. The Morgan fingerprint density at radius 1 is 1.20 bits per heavy atom. The Morgan fingerprint density at radius 3 is 2.70 bits per heavy atom. The molecule has 1 aromatic heterocycles. The Morgan fingerprint density at radius 2 is 2.00 bits per heavy atom. The van der Waals surface area contributed by atoms with Gasteiger partial charge in [0.15, 0.2) is 0 Å². The number of pyridine rings is 1. The standard InChI is InChI=1S/C13H15N3O2S2/c1-14-13-12(7-4-8-15-13)20(17,18)16-10-5-3-6-11(9-10)19-2/h3-9,16H,1-2H3,(H,14,15). The van der Waals surface area contributed by atoms with Gasteiger partial charge in [-0.25, -0.2) is 13.4 Å². The van der Waals surface area contributed by atoms with Gasteiger partial charge in [0.25, 0.3) is 10.0 Å². The summed E-state index contributed by atoms with van der Waals surface area (Å²) in [6, 6.07) is 10.3. The zero-order chi connectivity index (χ0) is 14.6. The second kappa shape index (κ2) is 6.15. The van der Waals surface area contributed by atoms with Crippen molar-refractivity contribution in [3.8, 4) is 0 Å². The van der Waals surface area contributed by atoms with E-state index in [4.69, 9.17) is 0 Å². The molecule has 0 aliphatic carbocycles.